The van der Waals surface area contributed by atoms with Gasteiger partial charge in [0, 0.05) is 17.8 Å². The lowest BCUT2D eigenvalue weighted by atomic mass is 10.0. The van der Waals surface area contributed by atoms with Gasteiger partial charge >= 0.3 is 0 Å². The van der Waals surface area contributed by atoms with E-state index in [1.165, 1.54) is 11.9 Å². The number of carbonyl (C=O) groups is 1. The van der Waals surface area contributed by atoms with Gasteiger partial charge in [-0.3, -0.25) is 4.79 Å². The number of aromatic nitrogens is 2. The van der Waals surface area contributed by atoms with E-state index in [1.807, 2.05) is 24.3 Å². The SMILES string of the molecule is CCC(C)Nc1cc(C(=O)Nc2ccc(C(C)C)cc2)ncn1. The molecular weight excluding hydrogens is 288 g/mol. The molecule has 5 nitrogen and oxygen atoms in total. The van der Waals surface area contributed by atoms with E-state index in [-0.39, 0.29) is 5.91 Å². The molecule has 1 atom stereocenters. The van der Waals surface area contributed by atoms with Crippen molar-refractivity contribution in [2.45, 2.75) is 46.1 Å². The topological polar surface area (TPSA) is 66.9 Å². The van der Waals surface area contributed by atoms with Crippen LogP contribution in [0.1, 0.15) is 56.1 Å². The molecule has 5 heteroatoms. The van der Waals surface area contributed by atoms with Crippen molar-refractivity contribution in [1.82, 2.24) is 9.97 Å². The highest BCUT2D eigenvalue weighted by Gasteiger charge is 2.10. The molecule has 122 valence electrons. The highest BCUT2D eigenvalue weighted by Crippen LogP contribution is 2.17. The van der Waals surface area contributed by atoms with Crippen LogP contribution in [0, 0.1) is 0 Å². The fraction of sp³-hybridized carbons (Fsp3) is 0.389. The zero-order chi connectivity index (χ0) is 16.8. The van der Waals surface area contributed by atoms with Crippen molar-refractivity contribution < 1.29 is 4.79 Å². The third kappa shape index (κ3) is 4.77. The maximum Gasteiger partial charge on any atom is 0.274 e. The largest absolute Gasteiger partial charge is 0.368 e. The molecule has 23 heavy (non-hydrogen) atoms. The summed E-state index contributed by atoms with van der Waals surface area (Å²) in [4.78, 5) is 20.5. The zero-order valence-corrected chi connectivity index (χ0v) is 14.1. The molecule has 0 fully saturated rings. The summed E-state index contributed by atoms with van der Waals surface area (Å²) in [5.41, 5.74) is 2.35. The molecule has 2 N–H and O–H groups in total. The first-order valence-corrected chi connectivity index (χ1v) is 7.99. The van der Waals surface area contributed by atoms with E-state index in [0.717, 1.165) is 12.1 Å². The average molecular weight is 312 g/mol. The first kappa shape index (κ1) is 16.9. The Balaban J connectivity index is 2.06. The Kier molecular flexibility index (Phi) is 5.68. The molecule has 0 aliphatic rings. The first-order valence-electron chi connectivity index (χ1n) is 7.99. The molecule has 0 saturated carbocycles. The van der Waals surface area contributed by atoms with Crippen LogP contribution in [-0.4, -0.2) is 21.9 Å². The lowest BCUT2D eigenvalue weighted by molar-refractivity contribution is 0.102. The van der Waals surface area contributed by atoms with Crippen LogP contribution in [0.5, 0.6) is 0 Å². The van der Waals surface area contributed by atoms with Crippen molar-refractivity contribution in [3.8, 4) is 0 Å². The van der Waals surface area contributed by atoms with E-state index in [2.05, 4.69) is 48.3 Å². The molecule has 0 saturated heterocycles. The lowest BCUT2D eigenvalue weighted by Crippen LogP contribution is -2.17. The molecule has 1 aromatic carbocycles. The Hall–Kier alpha value is -2.43. The summed E-state index contributed by atoms with van der Waals surface area (Å²) in [5, 5.41) is 6.10. The number of hydrogen-bond acceptors (Lipinski definition) is 4. The van der Waals surface area contributed by atoms with E-state index in [0.29, 0.717) is 23.5 Å². The van der Waals surface area contributed by atoms with Crippen LogP contribution >= 0.6 is 0 Å². The van der Waals surface area contributed by atoms with Crippen LogP contribution in [0.3, 0.4) is 0 Å². The fourth-order valence-electron chi connectivity index (χ4n) is 2.06. The van der Waals surface area contributed by atoms with Gasteiger partial charge in [-0.25, -0.2) is 9.97 Å². The Morgan fingerprint density at radius 2 is 1.83 bits per heavy atom. The molecule has 0 aliphatic heterocycles. The van der Waals surface area contributed by atoms with Crippen LogP contribution in [0.4, 0.5) is 11.5 Å². The monoisotopic (exact) mass is 312 g/mol. The molecular formula is C18H24N4O. The molecule has 0 spiro atoms. The summed E-state index contributed by atoms with van der Waals surface area (Å²) in [6, 6.07) is 9.83. The fourth-order valence-corrected chi connectivity index (χ4v) is 2.06. The molecule has 1 aromatic heterocycles. The van der Waals surface area contributed by atoms with Crippen molar-refractivity contribution >= 4 is 17.4 Å². The van der Waals surface area contributed by atoms with E-state index in [1.54, 1.807) is 6.07 Å². The number of nitrogens with one attached hydrogen (secondary N) is 2. The second-order valence-electron chi connectivity index (χ2n) is 5.97. The van der Waals surface area contributed by atoms with Crippen molar-refractivity contribution in [3.63, 3.8) is 0 Å². The van der Waals surface area contributed by atoms with E-state index >= 15 is 0 Å². The van der Waals surface area contributed by atoms with Crippen LogP contribution in [0.15, 0.2) is 36.7 Å². The normalized spacial score (nSPS) is 12.0. The van der Waals surface area contributed by atoms with Crippen molar-refractivity contribution in [1.29, 1.82) is 0 Å². The van der Waals surface area contributed by atoms with Crippen molar-refractivity contribution in [2.75, 3.05) is 10.6 Å². The summed E-state index contributed by atoms with van der Waals surface area (Å²) in [6.45, 7) is 8.44. The maximum absolute atomic E-state index is 12.3. The Bertz CT molecular complexity index is 652. The number of rotatable bonds is 6. The molecule has 1 amide bonds. The summed E-state index contributed by atoms with van der Waals surface area (Å²) in [7, 11) is 0. The van der Waals surface area contributed by atoms with Crippen molar-refractivity contribution in [2.24, 2.45) is 0 Å². The maximum atomic E-state index is 12.3. The molecule has 1 heterocycles. The third-order valence-electron chi connectivity index (χ3n) is 3.74. The quantitative estimate of drug-likeness (QED) is 0.844. The highest BCUT2D eigenvalue weighted by molar-refractivity contribution is 6.03. The van der Waals surface area contributed by atoms with E-state index in [9.17, 15) is 4.79 Å². The summed E-state index contributed by atoms with van der Waals surface area (Å²) in [6.07, 6.45) is 2.38. The molecule has 2 aromatic rings. The number of hydrogen-bond donors (Lipinski definition) is 2. The van der Waals surface area contributed by atoms with Crippen LogP contribution in [0.25, 0.3) is 0 Å². The van der Waals surface area contributed by atoms with Gasteiger partial charge in [-0.15, -0.1) is 0 Å². The minimum Gasteiger partial charge on any atom is -0.368 e. The molecule has 0 bridgehead atoms. The second kappa shape index (κ2) is 7.72. The number of anilines is 2. The molecule has 0 aliphatic carbocycles. The van der Waals surface area contributed by atoms with Crippen LogP contribution < -0.4 is 10.6 Å². The van der Waals surface area contributed by atoms with Gasteiger partial charge in [0.1, 0.15) is 17.8 Å². The van der Waals surface area contributed by atoms with Gasteiger partial charge in [-0.2, -0.15) is 0 Å². The number of benzene rings is 1. The number of nitrogens with zero attached hydrogens (tertiary/aromatic N) is 2. The predicted octanol–water partition coefficient (Wildman–Crippen LogP) is 4.06. The zero-order valence-electron chi connectivity index (χ0n) is 14.1. The number of carbonyl (C=O) groups excluding carboxylic acids is 1. The highest BCUT2D eigenvalue weighted by atomic mass is 16.1. The van der Waals surface area contributed by atoms with Crippen LogP contribution in [0.2, 0.25) is 0 Å². The summed E-state index contributed by atoms with van der Waals surface area (Å²) >= 11 is 0. The van der Waals surface area contributed by atoms with Gasteiger partial charge in [0.05, 0.1) is 0 Å². The summed E-state index contributed by atoms with van der Waals surface area (Å²) in [5.74, 6) is 0.891. The molecule has 1 unspecified atom stereocenters. The smallest absolute Gasteiger partial charge is 0.274 e. The van der Waals surface area contributed by atoms with Crippen LogP contribution in [-0.2, 0) is 0 Å². The first-order chi connectivity index (χ1) is 11.0. The van der Waals surface area contributed by atoms with E-state index < -0.39 is 0 Å². The van der Waals surface area contributed by atoms with Gasteiger partial charge in [-0.05, 0) is 37.0 Å². The second-order valence-corrected chi connectivity index (χ2v) is 5.97. The van der Waals surface area contributed by atoms with E-state index in [4.69, 9.17) is 0 Å². The molecule has 2 rings (SSSR count). The lowest BCUT2D eigenvalue weighted by Gasteiger charge is -2.12. The van der Waals surface area contributed by atoms with Gasteiger partial charge in [-0.1, -0.05) is 32.9 Å². The van der Waals surface area contributed by atoms with Gasteiger partial charge < -0.3 is 10.6 Å². The predicted molar refractivity (Wildman–Crippen MR) is 93.9 cm³/mol. The number of amides is 1. The standard InChI is InChI=1S/C18H24N4O/c1-5-13(4)21-17-10-16(19-11-20-17)18(23)22-15-8-6-14(7-9-15)12(2)3/h6-13H,5H2,1-4H3,(H,22,23)(H,19,20,21). The van der Waals surface area contributed by atoms with Gasteiger partial charge in [0.15, 0.2) is 0 Å². The Morgan fingerprint density at radius 3 is 2.43 bits per heavy atom. The minimum atomic E-state index is -0.239. The van der Waals surface area contributed by atoms with Gasteiger partial charge in [0.25, 0.3) is 5.91 Å². The Morgan fingerprint density at radius 1 is 1.13 bits per heavy atom. The average Bonchev–Trinajstić information content (AvgIpc) is 2.55. The third-order valence-corrected chi connectivity index (χ3v) is 3.74. The summed E-state index contributed by atoms with van der Waals surface area (Å²) < 4.78 is 0. The van der Waals surface area contributed by atoms with Gasteiger partial charge in [0.2, 0.25) is 0 Å². The van der Waals surface area contributed by atoms with Crippen molar-refractivity contribution in [3.05, 3.63) is 47.9 Å². The minimum absolute atomic E-state index is 0.239. The molecule has 0 radical (unpaired) electrons. The Labute approximate surface area is 137 Å².